The average molecular weight is 503 g/mol. The zero-order chi connectivity index (χ0) is 24.7. The third-order valence-corrected chi connectivity index (χ3v) is 6.96. The molecule has 190 valence electrons. The van der Waals surface area contributed by atoms with Crippen LogP contribution >= 0.6 is 11.6 Å². The lowest BCUT2D eigenvalue weighted by Crippen LogP contribution is -2.47. The molecule has 4 rings (SSSR count). The van der Waals surface area contributed by atoms with Gasteiger partial charge in [-0.05, 0) is 61.6 Å². The van der Waals surface area contributed by atoms with Crippen molar-refractivity contribution in [2.24, 2.45) is 0 Å². The summed E-state index contributed by atoms with van der Waals surface area (Å²) in [5, 5.41) is 11.6. The lowest BCUT2D eigenvalue weighted by Gasteiger charge is -2.38. The number of halogens is 1. The predicted octanol–water partition coefficient (Wildman–Crippen LogP) is 4.15. The summed E-state index contributed by atoms with van der Waals surface area (Å²) in [6.07, 6.45) is 3.72. The predicted molar refractivity (Wildman–Crippen MR) is 135 cm³/mol. The van der Waals surface area contributed by atoms with E-state index in [1.165, 1.54) is 0 Å². The molecular weight excluding hydrogens is 468 g/mol. The minimum Gasteiger partial charge on any atom is -0.493 e. The van der Waals surface area contributed by atoms with Gasteiger partial charge in [0.05, 0.1) is 13.7 Å². The van der Waals surface area contributed by atoms with Crippen LogP contribution in [0.3, 0.4) is 0 Å². The number of hydrogen-bond acceptors (Lipinski definition) is 6. The van der Waals surface area contributed by atoms with Crippen molar-refractivity contribution in [3.05, 3.63) is 53.1 Å². The molecule has 1 amide bonds. The zero-order valence-electron chi connectivity index (χ0n) is 20.4. The number of hydrogen-bond donors (Lipinski definition) is 1. The van der Waals surface area contributed by atoms with Crippen molar-refractivity contribution in [3.63, 3.8) is 0 Å². The van der Waals surface area contributed by atoms with Gasteiger partial charge in [0.15, 0.2) is 11.5 Å². The van der Waals surface area contributed by atoms with E-state index in [4.69, 9.17) is 25.8 Å². The van der Waals surface area contributed by atoms with Crippen molar-refractivity contribution in [1.82, 2.24) is 9.80 Å². The fraction of sp³-hybridized carbons (Fsp3) is 0.519. The molecule has 2 saturated heterocycles. The first-order valence-corrected chi connectivity index (χ1v) is 12.7. The molecule has 0 aliphatic carbocycles. The van der Waals surface area contributed by atoms with Crippen LogP contribution in [-0.4, -0.2) is 72.9 Å². The molecule has 0 spiro atoms. The Hall–Kier alpha value is -2.48. The second kappa shape index (κ2) is 12.0. The number of carbonyl (C=O) groups excluding carboxylic acids is 1. The molecule has 0 radical (unpaired) electrons. The van der Waals surface area contributed by atoms with Crippen LogP contribution in [0.1, 0.15) is 37.7 Å². The first-order valence-electron chi connectivity index (χ1n) is 12.3. The molecule has 8 heteroatoms. The number of ether oxygens (including phenoxy) is 3. The van der Waals surface area contributed by atoms with Crippen LogP contribution < -0.4 is 14.2 Å². The number of likely N-dealkylation sites (tertiary alicyclic amines) is 2. The number of carbonyl (C=O) groups is 1. The van der Waals surface area contributed by atoms with Crippen molar-refractivity contribution >= 4 is 17.5 Å². The highest BCUT2D eigenvalue weighted by Crippen LogP contribution is 2.30. The Balaban J connectivity index is 1.22. The fourth-order valence-electron chi connectivity index (χ4n) is 4.61. The second-order valence-electron chi connectivity index (χ2n) is 9.42. The smallest absolute Gasteiger partial charge is 0.222 e. The van der Waals surface area contributed by atoms with Crippen LogP contribution in [0.4, 0.5) is 0 Å². The summed E-state index contributed by atoms with van der Waals surface area (Å²) in [4.78, 5) is 16.0. The van der Waals surface area contributed by atoms with Gasteiger partial charge in [0.25, 0.3) is 0 Å². The van der Waals surface area contributed by atoms with Gasteiger partial charge in [-0.25, -0.2) is 0 Å². The maximum Gasteiger partial charge on any atom is 0.222 e. The molecule has 2 aliphatic heterocycles. The van der Waals surface area contributed by atoms with E-state index in [0.717, 1.165) is 56.9 Å². The number of amides is 1. The molecule has 2 heterocycles. The molecule has 2 aromatic carbocycles. The number of aliphatic hydroxyl groups is 1. The summed E-state index contributed by atoms with van der Waals surface area (Å²) in [5.74, 6) is 2.35. The Labute approximate surface area is 212 Å². The highest BCUT2D eigenvalue weighted by Gasteiger charge is 2.33. The largest absolute Gasteiger partial charge is 0.493 e. The number of methoxy groups -OCH3 is 1. The molecule has 2 aliphatic rings. The molecule has 7 nitrogen and oxygen atoms in total. The van der Waals surface area contributed by atoms with Crippen molar-refractivity contribution in [3.8, 4) is 17.2 Å². The average Bonchev–Trinajstić information content (AvgIpc) is 3.27. The van der Waals surface area contributed by atoms with Crippen molar-refractivity contribution in [2.45, 2.75) is 44.2 Å². The van der Waals surface area contributed by atoms with Crippen LogP contribution in [0.5, 0.6) is 17.2 Å². The summed E-state index contributed by atoms with van der Waals surface area (Å²) in [6.45, 7) is 4.74. The van der Waals surface area contributed by atoms with Crippen LogP contribution in [0.25, 0.3) is 0 Å². The lowest BCUT2D eigenvalue weighted by atomic mass is 9.92. The normalized spacial score (nSPS) is 18.0. The van der Waals surface area contributed by atoms with Gasteiger partial charge in [-0.3, -0.25) is 9.69 Å². The molecule has 0 atom stereocenters. The molecule has 0 unspecified atom stereocenters. The first kappa shape index (κ1) is 25.6. The summed E-state index contributed by atoms with van der Waals surface area (Å²) in [7, 11) is 1.65. The molecule has 2 fully saturated rings. The van der Waals surface area contributed by atoms with E-state index in [0.29, 0.717) is 42.4 Å². The third kappa shape index (κ3) is 7.26. The Kier molecular flexibility index (Phi) is 8.76. The van der Waals surface area contributed by atoms with Gasteiger partial charge in [0.2, 0.25) is 5.91 Å². The van der Waals surface area contributed by atoms with Gasteiger partial charge < -0.3 is 24.2 Å². The van der Waals surface area contributed by atoms with Gasteiger partial charge in [0.1, 0.15) is 18.0 Å². The summed E-state index contributed by atoms with van der Waals surface area (Å²) >= 11 is 6.01. The maximum atomic E-state index is 11.7. The second-order valence-corrected chi connectivity index (χ2v) is 9.85. The lowest BCUT2D eigenvalue weighted by molar-refractivity contribution is -0.127. The van der Waals surface area contributed by atoms with E-state index in [-0.39, 0.29) is 12.5 Å². The monoisotopic (exact) mass is 502 g/mol. The Morgan fingerprint density at radius 3 is 2.60 bits per heavy atom. The standard InChI is InChI=1S/C27H35ClN2O5/c1-33-25-17-21(8-9-24(25)34-16-4-13-30-12-3-7-26(30)31)19-29-14-10-27(32,11-15-29)20-35-23-6-2-5-22(28)18-23/h2,5-6,8-9,17-18,32H,3-4,7,10-16,19-20H2,1H3. The van der Waals surface area contributed by atoms with E-state index in [2.05, 4.69) is 11.0 Å². The maximum absolute atomic E-state index is 11.7. The van der Waals surface area contributed by atoms with Crippen molar-refractivity contribution < 1.29 is 24.1 Å². The Morgan fingerprint density at radius 1 is 1.06 bits per heavy atom. The first-order chi connectivity index (χ1) is 16.9. The number of nitrogens with zero attached hydrogens (tertiary/aromatic N) is 2. The number of rotatable bonds is 11. The van der Waals surface area contributed by atoms with E-state index in [1.807, 2.05) is 29.2 Å². The van der Waals surface area contributed by atoms with Gasteiger partial charge in [0, 0.05) is 44.2 Å². The number of benzene rings is 2. The Morgan fingerprint density at radius 2 is 1.89 bits per heavy atom. The van der Waals surface area contributed by atoms with Crippen molar-refractivity contribution in [2.75, 3.05) is 46.5 Å². The Bertz CT molecular complexity index is 993. The minimum absolute atomic E-state index is 0.247. The highest BCUT2D eigenvalue weighted by atomic mass is 35.5. The van der Waals surface area contributed by atoms with Crippen molar-refractivity contribution in [1.29, 1.82) is 0 Å². The van der Waals surface area contributed by atoms with E-state index < -0.39 is 5.60 Å². The summed E-state index contributed by atoms with van der Waals surface area (Å²) in [6, 6.07) is 13.3. The van der Waals surface area contributed by atoms with Crippen LogP contribution in [0, 0.1) is 0 Å². The topological polar surface area (TPSA) is 71.5 Å². The molecule has 2 aromatic rings. The van der Waals surface area contributed by atoms with E-state index in [1.54, 1.807) is 19.2 Å². The summed E-state index contributed by atoms with van der Waals surface area (Å²) in [5.41, 5.74) is 0.297. The molecular formula is C27H35ClN2O5. The molecule has 35 heavy (non-hydrogen) atoms. The van der Waals surface area contributed by atoms with Gasteiger partial charge in [-0.15, -0.1) is 0 Å². The molecule has 0 aromatic heterocycles. The molecule has 0 bridgehead atoms. The van der Waals surface area contributed by atoms with E-state index >= 15 is 0 Å². The fourth-order valence-corrected chi connectivity index (χ4v) is 4.79. The highest BCUT2D eigenvalue weighted by molar-refractivity contribution is 6.30. The minimum atomic E-state index is -0.839. The van der Waals surface area contributed by atoms with Crippen LogP contribution in [0.15, 0.2) is 42.5 Å². The van der Waals surface area contributed by atoms with Crippen LogP contribution in [-0.2, 0) is 11.3 Å². The summed E-state index contributed by atoms with van der Waals surface area (Å²) < 4.78 is 17.3. The number of piperidine rings is 1. The zero-order valence-corrected chi connectivity index (χ0v) is 21.1. The third-order valence-electron chi connectivity index (χ3n) is 6.73. The van der Waals surface area contributed by atoms with E-state index in [9.17, 15) is 9.90 Å². The molecule has 0 saturated carbocycles. The van der Waals surface area contributed by atoms with Gasteiger partial charge in [-0.1, -0.05) is 23.7 Å². The quantitative estimate of drug-likeness (QED) is 0.465. The van der Waals surface area contributed by atoms with Crippen LogP contribution in [0.2, 0.25) is 5.02 Å². The SMILES string of the molecule is COc1cc(CN2CCC(O)(COc3cccc(Cl)c3)CC2)ccc1OCCCN1CCCC1=O. The van der Waals surface area contributed by atoms with Gasteiger partial charge in [-0.2, -0.15) is 0 Å². The van der Waals surface area contributed by atoms with Gasteiger partial charge >= 0.3 is 0 Å². The molecule has 1 N–H and O–H groups in total.